The second-order valence-electron chi connectivity index (χ2n) is 8.55. The lowest BCUT2D eigenvalue weighted by Gasteiger charge is -2.15. The van der Waals surface area contributed by atoms with Crippen LogP contribution in [-0.4, -0.2) is 41.2 Å². The van der Waals surface area contributed by atoms with Gasteiger partial charge in [0.05, 0.1) is 12.2 Å². The van der Waals surface area contributed by atoms with Gasteiger partial charge in [0.15, 0.2) is 5.13 Å². The van der Waals surface area contributed by atoms with Crippen LogP contribution in [0.2, 0.25) is 0 Å². The maximum atomic E-state index is 12.3. The molecule has 9 heteroatoms. The molecular weight excluding hydrogens is 486 g/mol. The van der Waals surface area contributed by atoms with Gasteiger partial charge in [0, 0.05) is 42.7 Å². The van der Waals surface area contributed by atoms with Crippen molar-refractivity contribution in [3.05, 3.63) is 89.3 Å². The number of aromatic nitrogens is 1. The fraction of sp³-hybridized carbons (Fsp3) is 0.143. The molecule has 0 saturated heterocycles. The van der Waals surface area contributed by atoms with Gasteiger partial charge in [0.1, 0.15) is 0 Å². The van der Waals surface area contributed by atoms with Gasteiger partial charge >= 0.3 is 0 Å². The summed E-state index contributed by atoms with van der Waals surface area (Å²) in [5.74, 6) is -0.711. The molecule has 188 valence electrons. The molecule has 3 amide bonds. The molecule has 0 radical (unpaired) electrons. The molecule has 4 rings (SSSR count). The zero-order valence-electron chi connectivity index (χ0n) is 20.5. The minimum atomic E-state index is -0.370. The normalized spacial score (nSPS) is 10.5. The summed E-state index contributed by atoms with van der Waals surface area (Å²) in [4.78, 5) is 42.3. The third-order valence-electron chi connectivity index (χ3n) is 5.71. The van der Waals surface area contributed by atoms with Crippen LogP contribution in [0.5, 0.6) is 0 Å². The van der Waals surface area contributed by atoms with E-state index in [1.165, 1.54) is 11.3 Å². The van der Waals surface area contributed by atoms with E-state index in [4.69, 9.17) is 5.73 Å². The van der Waals surface area contributed by atoms with Gasteiger partial charge in [-0.3, -0.25) is 14.4 Å². The molecule has 1 heterocycles. The van der Waals surface area contributed by atoms with Crippen LogP contribution in [-0.2, 0) is 16.1 Å². The van der Waals surface area contributed by atoms with Crippen molar-refractivity contribution in [3.63, 3.8) is 0 Å². The van der Waals surface area contributed by atoms with Gasteiger partial charge in [-0.15, -0.1) is 11.3 Å². The molecule has 0 saturated carbocycles. The number of hydrogen-bond donors (Lipinski definition) is 3. The number of rotatable bonds is 8. The molecule has 0 bridgehead atoms. The number of nitrogens with zero attached hydrogens (tertiary/aromatic N) is 2. The standard InChI is InChI=1S/C28H27N5O3S/c1-18(34)33(2)16-19-5-3-6-21(13-19)22-7-4-8-23(14-22)25-17-37-28(31-25)32-26(35)15-30-27(36)20-9-11-24(29)12-10-20/h3-14,17H,15-16,29H2,1-2H3,(H,30,36)(H,31,32,35). The summed E-state index contributed by atoms with van der Waals surface area (Å²) in [6.07, 6.45) is 0. The van der Waals surface area contributed by atoms with E-state index in [9.17, 15) is 14.4 Å². The topological polar surface area (TPSA) is 117 Å². The third kappa shape index (κ3) is 6.80. The maximum Gasteiger partial charge on any atom is 0.251 e. The summed E-state index contributed by atoms with van der Waals surface area (Å²) in [5.41, 5.74) is 11.4. The van der Waals surface area contributed by atoms with Crippen molar-refractivity contribution < 1.29 is 14.4 Å². The number of thiazole rings is 1. The van der Waals surface area contributed by atoms with Crippen molar-refractivity contribution in [1.82, 2.24) is 15.2 Å². The van der Waals surface area contributed by atoms with Crippen LogP contribution in [0.1, 0.15) is 22.8 Å². The second-order valence-corrected chi connectivity index (χ2v) is 9.41. The minimum Gasteiger partial charge on any atom is -0.399 e. The Bertz CT molecular complexity index is 1430. The molecule has 0 fully saturated rings. The number of amides is 3. The van der Waals surface area contributed by atoms with Gasteiger partial charge in [0.25, 0.3) is 5.91 Å². The number of anilines is 2. The van der Waals surface area contributed by atoms with Gasteiger partial charge in [0.2, 0.25) is 11.8 Å². The lowest BCUT2D eigenvalue weighted by atomic mass is 10.00. The number of benzene rings is 3. The number of nitrogen functional groups attached to an aromatic ring is 1. The van der Waals surface area contributed by atoms with Crippen LogP contribution in [0.25, 0.3) is 22.4 Å². The first-order valence-electron chi connectivity index (χ1n) is 11.6. The summed E-state index contributed by atoms with van der Waals surface area (Å²) in [7, 11) is 1.78. The number of carbonyl (C=O) groups excluding carboxylic acids is 3. The van der Waals surface area contributed by atoms with Crippen molar-refractivity contribution in [3.8, 4) is 22.4 Å². The summed E-state index contributed by atoms with van der Waals surface area (Å²) in [6.45, 7) is 1.91. The predicted octanol–water partition coefficient (Wildman–Crippen LogP) is 4.41. The lowest BCUT2D eigenvalue weighted by Crippen LogP contribution is -2.32. The Kier molecular flexibility index (Phi) is 7.95. The highest BCUT2D eigenvalue weighted by molar-refractivity contribution is 7.14. The van der Waals surface area contributed by atoms with Gasteiger partial charge in [-0.05, 0) is 53.1 Å². The Balaban J connectivity index is 1.39. The lowest BCUT2D eigenvalue weighted by molar-refractivity contribution is -0.128. The van der Waals surface area contributed by atoms with Gasteiger partial charge in [-0.25, -0.2) is 4.98 Å². The van der Waals surface area contributed by atoms with Crippen LogP contribution in [0.15, 0.2) is 78.2 Å². The first-order valence-corrected chi connectivity index (χ1v) is 12.5. The van der Waals surface area contributed by atoms with Gasteiger partial charge in [-0.2, -0.15) is 0 Å². The molecule has 0 unspecified atom stereocenters. The maximum absolute atomic E-state index is 12.3. The van der Waals surface area contributed by atoms with Crippen LogP contribution in [0.4, 0.5) is 10.8 Å². The van der Waals surface area contributed by atoms with Crippen LogP contribution in [0, 0.1) is 0 Å². The molecule has 0 spiro atoms. The largest absolute Gasteiger partial charge is 0.399 e. The Morgan fingerprint density at radius 3 is 2.35 bits per heavy atom. The number of carbonyl (C=O) groups is 3. The van der Waals surface area contributed by atoms with E-state index < -0.39 is 0 Å². The Hall–Kier alpha value is -4.50. The van der Waals surface area contributed by atoms with E-state index in [1.54, 1.807) is 43.1 Å². The third-order valence-corrected chi connectivity index (χ3v) is 6.47. The Morgan fingerprint density at radius 1 is 0.946 bits per heavy atom. The molecule has 4 aromatic rings. The van der Waals surface area contributed by atoms with E-state index in [-0.39, 0.29) is 24.3 Å². The molecule has 0 aliphatic heterocycles. The highest BCUT2D eigenvalue weighted by atomic mass is 32.1. The average Bonchev–Trinajstić information content (AvgIpc) is 3.36. The summed E-state index contributed by atoms with van der Waals surface area (Å²) >= 11 is 1.31. The summed E-state index contributed by atoms with van der Waals surface area (Å²) in [6, 6.07) is 22.5. The predicted molar refractivity (Wildman–Crippen MR) is 147 cm³/mol. The van der Waals surface area contributed by atoms with E-state index in [0.717, 1.165) is 27.9 Å². The van der Waals surface area contributed by atoms with Gasteiger partial charge in [-0.1, -0.05) is 36.4 Å². The van der Waals surface area contributed by atoms with Crippen molar-refractivity contribution >= 4 is 39.9 Å². The number of nitrogens with two attached hydrogens (primary N) is 1. The first-order chi connectivity index (χ1) is 17.8. The summed E-state index contributed by atoms with van der Waals surface area (Å²) < 4.78 is 0. The smallest absolute Gasteiger partial charge is 0.251 e. The molecule has 0 aliphatic carbocycles. The van der Waals surface area contributed by atoms with Gasteiger partial charge < -0.3 is 21.3 Å². The molecule has 8 nitrogen and oxygen atoms in total. The fourth-order valence-corrected chi connectivity index (χ4v) is 4.35. The Morgan fingerprint density at radius 2 is 1.62 bits per heavy atom. The fourth-order valence-electron chi connectivity index (χ4n) is 3.62. The highest BCUT2D eigenvalue weighted by Crippen LogP contribution is 2.29. The zero-order chi connectivity index (χ0) is 26.4. The van der Waals surface area contributed by atoms with Crippen molar-refractivity contribution in [1.29, 1.82) is 0 Å². The molecule has 37 heavy (non-hydrogen) atoms. The molecular formula is C28H27N5O3S. The van der Waals surface area contributed by atoms with Crippen LogP contribution < -0.4 is 16.4 Å². The SMILES string of the molecule is CC(=O)N(C)Cc1cccc(-c2cccc(-c3csc(NC(=O)CNC(=O)c4ccc(N)cc4)n3)c2)c1. The van der Waals surface area contributed by atoms with E-state index in [2.05, 4.69) is 21.7 Å². The van der Waals surface area contributed by atoms with E-state index >= 15 is 0 Å². The molecule has 3 aromatic carbocycles. The first kappa shape index (κ1) is 25.6. The Labute approximate surface area is 219 Å². The van der Waals surface area contributed by atoms with E-state index in [1.807, 2.05) is 47.8 Å². The molecule has 4 N–H and O–H groups in total. The van der Waals surface area contributed by atoms with Crippen molar-refractivity contribution in [2.75, 3.05) is 24.6 Å². The van der Waals surface area contributed by atoms with E-state index in [0.29, 0.717) is 22.9 Å². The second kappa shape index (κ2) is 11.5. The van der Waals surface area contributed by atoms with Crippen molar-refractivity contribution in [2.24, 2.45) is 0 Å². The average molecular weight is 514 g/mol. The zero-order valence-corrected chi connectivity index (χ0v) is 21.3. The monoisotopic (exact) mass is 513 g/mol. The molecule has 1 aromatic heterocycles. The highest BCUT2D eigenvalue weighted by Gasteiger charge is 2.12. The quantitative estimate of drug-likeness (QED) is 0.302. The van der Waals surface area contributed by atoms with Crippen LogP contribution >= 0.6 is 11.3 Å². The molecule has 0 atom stereocenters. The minimum absolute atomic E-state index is 0.0167. The number of hydrogen-bond acceptors (Lipinski definition) is 6. The molecule has 0 aliphatic rings. The number of nitrogens with one attached hydrogen (secondary N) is 2. The van der Waals surface area contributed by atoms with Crippen LogP contribution in [0.3, 0.4) is 0 Å². The van der Waals surface area contributed by atoms with Crippen molar-refractivity contribution in [2.45, 2.75) is 13.5 Å². The summed E-state index contributed by atoms with van der Waals surface area (Å²) in [5, 5.41) is 7.64.